The minimum atomic E-state index is -0.0905. The second kappa shape index (κ2) is 10.0. The maximum atomic E-state index is 12.5. The van der Waals surface area contributed by atoms with Crippen LogP contribution >= 0.6 is 15.9 Å². The number of para-hydroxylation sites is 2. The fourth-order valence-electron chi connectivity index (χ4n) is 3.70. The molecule has 0 aliphatic heterocycles. The molecule has 1 aromatic heterocycles. The highest BCUT2D eigenvalue weighted by atomic mass is 79.9. The predicted octanol–water partition coefficient (Wildman–Crippen LogP) is 5.47. The average molecular weight is 492 g/mol. The van der Waals surface area contributed by atoms with Gasteiger partial charge in [0.2, 0.25) is 0 Å². The van der Waals surface area contributed by atoms with Crippen LogP contribution in [0.1, 0.15) is 27.3 Å². The molecule has 0 saturated heterocycles. The van der Waals surface area contributed by atoms with Gasteiger partial charge in [0.1, 0.15) is 18.2 Å². The van der Waals surface area contributed by atoms with E-state index in [0.717, 1.165) is 32.6 Å². The van der Waals surface area contributed by atoms with E-state index in [1.54, 1.807) is 6.07 Å². The van der Waals surface area contributed by atoms with Gasteiger partial charge in [0.05, 0.1) is 17.6 Å². The van der Waals surface area contributed by atoms with Crippen LogP contribution in [0.5, 0.6) is 5.75 Å². The Labute approximate surface area is 196 Å². The molecule has 0 fully saturated rings. The smallest absolute Gasteiger partial charge is 0.251 e. The Balaban J connectivity index is 1.44. The van der Waals surface area contributed by atoms with Crippen molar-refractivity contribution in [2.24, 2.45) is 0 Å². The molecule has 1 amide bonds. The number of imidazole rings is 1. The Kier molecular flexibility index (Phi) is 6.90. The first-order valence-corrected chi connectivity index (χ1v) is 11.5. The molecule has 0 spiro atoms. The molecule has 0 unspecified atom stereocenters. The summed E-state index contributed by atoms with van der Waals surface area (Å²) in [7, 11) is 0. The molecule has 3 aromatic carbocycles. The van der Waals surface area contributed by atoms with Crippen LogP contribution in [-0.4, -0.2) is 28.6 Å². The van der Waals surface area contributed by atoms with Gasteiger partial charge in [-0.1, -0.05) is 46.3 Å². The number of nitrogens with one attached hydrogen (secondary N) is 1. The zero-order valence-electron chi connectivity index (χ0n) is 18.3. The molecule has 32 heavy (non-hydrogen) atoms. The summed E-state index contributed by atoms with van der Waals surface area (Å²) in [6.07, 6.45) is 0.637. The van der Waals surface area contributed by atoms with Crippen LogP contribution in [0.4, 0.5) is 0 Å². The summed E-state index contributed by atoms with van der Waals surface area (Å²) in [5, 5.41) is 3.00. The maximum absolute atomic E-state index is 12.5. The summed E-state index contributed by atoms with van der Waals surface area (Å²) >= 11 is 3.41. The molecule has 0 atom stereocenters. The van der Waals surface area contributed by atoms with E-state index in [-0.39, 0.29) is 5.91 Å². The van der Waals surface area contributed by atoms with Crippen LogP contribution in [0.3, 0.4) is 0 Å². The van der Waals surface area contributed by atoms with Crippen molar-refractivity contribution in [2.45, 2.75) is 26.8 Å². The highest BCUT2D eigenvalue weighted by molar-refractivity contribution is 9.10. The lowest BCUT2D eigenvalue weighted by Gasteiger charge is -2.13. The number of rotatable bonds is 8. The Hall–Kier alpha value is -3.12. The first-order chi connectivity index (χ1) is 15.5. The first-order valence-electron chi connectivity index (χ1n) is 10.7. The van der Waals surface area contributed by atoms with Crippen molar-refractivity contribution in [2.75, 3.05) is 13.2 Å². The van der Waals surface area contributed by atoms with E-state index in [1.165, 1.54) is 5.56 Å². The third kappa shape index (κ3) is 5.19. The SMILES string of the molecule is Cc1ccc(C)c(OCCn2c(CCNC(=O)c3cccc(Br)c3)nc3ccccc32)c1. The van der Waals surface area contributed by atoms with Crippen LogP contribution in [0.15, 0.2) is 71.2 Å². The zero-order chi connectivity index (χ0) is 22.5. The van der Waals surface area contributed by atoms with Crippen molar-refractivity contribution < 1.29 is 9.53 Å². The number of aromatic nitrogens is 2. The lowest BCUT2D eigenvalue weighted by molar-refractivity contribution is 0.0954. The Morgan fingerprint density at radius 1 is 1.06 bits per heavy atom. The normalized spacial score (nSPS) is 11.0. The molecule has 4 rings (SSSR count). The number of hydrogen-bond donors (Lipinski definition) is 1. The van der Waals surface area contributed by atoms with E-state index in [4.69, 9.17) is 9.72 Å². The lowest BCUT2D eigenvalue weighted by atomic mass is 10.1. The van der Waals surface area contributed by atoms with Crippen LogP contribution in [0, 0.1) is 13.8 Å². The van der Waals surface area contributed by atoms with Gasteiger partial charge in [-0.2, -0.15) is 0 Å². The van der Waals surface area contributed by atoms with Gasteiger partial charge in [0.15, 0.2) is 0 Å². The van der Waals surface area contributed by atoms with Gasteiger partial charge in [-0.15, -0.1) is 0 Å². The van der Waals surface area contributed by atoms with Crippen LogP contribution in [0.25, 0.3) is 11.0 Å². The van der Waals surface area contributed by atoms with Gasteiger partial charge < -0.3 is 14.6 Å². The van der Waals surface area contributed by atoms with Gasteiger partial charge in [0.25, 0.3) is 5.91 Å². The molecule has 6 heteroatoms. The van der Waals surface area contributed by atoms with Gasteiger partial charge in [0, 0.05) is 23.0 Å². The number of nitrogens with zero attached hydrogens (tertiary/aromatic N) is 2. The maximum Gasteiger partial charge on any atom is 0.251 e. The second-order valence-corrected chi connectivity index (χ2v) is 8.72. The first kappa shape index (κ1) is 22.1. The van der Waals surface area contributed by atoms with Crippen molar-refractivity contribution in [3.8, 4) is 5.75 Å². The second-order valence-electron chi connectivity index (χ2n) is 7.80. The number of amides is 1. The van der Waals surface area contributed by atoms with Crippen LogP contribution < -0.4 is 10.1 Å². The number of carbonyl (C=O) groups excluding carboxylic acids is 1. The van der Waals surface area contributed by atoms with Gasteiger partial charge in [-0.05, 0) is 61.4 Å². The molecule has 4 aromatic rings. The van der Waals surface area contributed by atoms with Crippen LogP contribution in [-0.2, 0) is 13.0 Å². The molecule has 1 N–H and O–H groups in total. The third-order valence-corrected chi connectivity index (χ3v) is 5.86. The Morgan fingerprint density at radius 3 is 2.75 bits per heavy atom. The van der Waals surface area contributed by atoms with E-state index < -0.39 is 0 Å². The van der Waals surface area contributed by atoms with Crippen LogP contribution in [0.2, 0.25) is 0 Å². The topological polar surface area (TPSA) is 56.1 Å². The summed E-state index contributed by atoms with van der Waals surface area (Å²) < 4.78 is 9.16. The summed E-state index contributed by atoms with van der Waals surface area (Å²) in [6, 6.07) is 21.7. The molecule has 0 aliphatic rings. The molecular formula is C26H26BrN3O2. The number of hydrogen-bond acceptors (Lipinski definition) is 3. The van der Waals surface area contributed by atoms with Crippen molar-refractivity contribution >= 4 is 32.9 Å². The lowest BCUT2D eigenvalue weighted by Crippen LogP contribution is -2.26. The number of halogens is 1. The van der Waals surface area contributed by atoms with E-state index in [1.807, 2.05) is 36.4 Å². The van der Waals surface area contributed by atoms with Gasteiger partial charge >= 0.3 is 0 Å². The molecule has 0 saturated carbocycles. The number of aryl methyl sites for hydroxylation is 2. The minimum Gasteiger partial charge on any atom is -0.491 e. The fourth-order valence-corrected chi connectivity index (χ4v) is 4.09. The molecule has 0 aliphatic carbocycles. The Bertz CT molecular complexity index is 1250. The summed E-state index contributed by atoms with van der Waals surface area (Å²) in [5.74, 6) is 1.76. The van der Waals surface area contributed by atoms with Crippen molar-refractivity contribution in [3.05, 3.63) is 93.7 Å². The summed E-state index contributed by atoms with van der Waals surface area (Å²) in [5.41, 5.74) is 4.97. The third-order valence-electron chi connectivity index (χ3n) is 5.37. The monoisotopic (exact) mass is 491 g/mol. The molecular weight excluding hydrogens is 466 g/mol. The number of benzene rings is 3. The van der Waals surface area contributed by atoms with Gasteiger partial charge in [-0.3, -0.25) is 4.79 Å². The largest absolute Gasteiger partial charge is 0.491 e. The van der Waals surface area contributed by atoms with Crippen molar-refractivity contribution in [1.29, 1.82) is 0 Å². The number of ether oxygens (including phenoxy) is 1. The zero-order valence-corrected chi connectivity index (χ0v) is 19.9. The van der Waals surface area contributed by atoms with Crippen molar-refractivity contribution in [1.82, 2.24) is 14.9 Å². The summed E-state index contributed by atoms with van der Waals surface area (Å²) in [6.45, 7) is 5.86. The number of carbonyl (C=O) groups is 1. The van der Waals surface area contributed by atoms with E-state index >= 15 is 0 Å². The molecule has 0 radical (unpaired) electrons. The van der Waals surface area contributed by atoms with E-state index in [0.29, 0.717) is 31.7 Å². The van der Waals surface area contributed by atoms with E-state index in [9.17, 15) is 4.79 Å². The van der Waals surface area contributed by atoms with Crippen molar-refractivity contribution in [3.63, 3.8) is 0 Å². The number of fused-ring (bicyclic) bond motifs is 1. The highest BCUT2D eigenvalue weighted by Crippen LogP contribution is 2.20. The highest BCUT2D eigenvalue weighted by Gasteiger charge is 2.12. The van der Waals surface area contributed by atoms with E-state index in [2.05, 4.69) is 63.9 Å². The Morgan fingerprint density at radius 2 is 1.91 bits per heavy atom. The molecule has 164 valence electrons. The molecule has 1 heterocycles. The quantitative estimate of drug-likeness (QED) is 0.355. The van der Waals surface area contributed by atoms with Gasteiger partial charge in [-0.25, -0.2) is 4.98 Å². The summed E-state index contributed by atoms with van der Waals surface area (Å²) in [4.78, 5) is 17.3. The minimum absolute atomic E-state index is 0.0905. The predicted molar refractivity (Wildman–Crippen MR) is 131 cm³/mol. The molecule has 0 bridgehead atoms. The average Bonchev–Trinajstić information content (AvgIpc) is 3.13. The molecule has 5 nitrogen and oxygen atoms in total. The fraction of sp³-hybridized carbons (Fsp3) is 0.231. The standard InChI is InChI=1S/C26H26BrN3O2/c1-18-10-11-19(2)24(16-18)32-15-14-30-23-9-4-3-8-22(23)29-25(30)12-13-28-26(31)20-6-5-7-21(27)17-20/h3-11,16-17H,12-15H2,1-2H3,(H,28,31).